The second kappa shape index (κ2) is 12.2. The van der Waals surface area contributed by atoms with Crippen LogP contribution in [0.15, 0.2) is 47.4 Å². The Morgan fingerprint density at radius 3 is 2.30 bits per heavy atom. The van der Waals surface area contributed by atoms with Crippen molar-refractivity contribution >= 4 is 10.1 Å². The molecule has 142 valence electrons. The molecule has 0 spiro atoms. The van der Waals surface area contributed by atoms with Crippen molar-refractivity contribution in [3.05, 3.63) is 48.0 Å². The maximum atomic E-state index is 11.8. The van der Waals surface area contributed by atoms with E-state index in [1.165, 1.54) is 38.2 Å². The molecular weight excluding hydrogens is 391 g/mol. The fourth-order valence-electron chi connectivity index (χ4n) is 2.78. The van der Waals surface area contributed by atoms with E-state index in [2.05, 4.69) is 6.92 Å². The summed E-state index contributed by atoms with van der Waals surface area (Å²) in [4.78, 5) is -0.651. The summed E-state index contributed by atoms with van der Waals surface area (Å²) in [6.45, 7) is 2.21. The monoisotopic (exact) mass is 416 g/mol. The number of hydrogen-bond donors (Lipinski definition) is 1. The second-order valence-electron chi connectivity index (χ2n) is 6.35. The van der Waals surface area contributed by atoms with Gasteiger partial charge in [-0.15, -0.1) is 0 Å². The van der Waals surface area contributed by atoms with Gasteiger partial charge in [0.25, 0.3) is 10.1 Å². The third kappa shape index (κ3) is 8.64. The van der Waals surface area contributed by atoms with E-state index in [0.29, 0.717) is 5.75 Å². The first-order chi connectivity index (χ1) is 12.4. The van der Waals surface area contributed by atoms with E-state index in [-0.39, 0.29) is 57.1 Å². The van der Waals surface area contributed by atoms with Crippen molar-refractivity contribution in [3.63, 3.8) is 0 Å². The number of ether oxygens (including phenoxy) is 1. The number of unbranched alkanes of at least 4 members (excludes halogenated alkanes) is 5. The van der Waals surface area contributed by atoms with Crippen molar-refractivity contribution in [2.24, 2.45) is 0 Å². The van der Waals surface area contributed by atoms with Crippen molar-refractivity contribution in [1.29, 1.82) is 0 Å². The molecule has 0 radical (unpaired) electrons. The molecule has 0 saturated heterocycles. The van der Waals surface area contributed by atoms with E-state index in [0.717, 1.165) is 30.5 Å². The van der Waals surface area contributed by atoms with Crippen LogP contribution in [0.25, 0.3) is 0 Å². The van der Waals surface area contributed by atoms with Gasteiger partial charge in [0, 0.05) is 0 Å². The fourth-order valence-corrected chi connectivity index (χ4v) is 3.33. The number of rotatable bonds is 10. The summed E-state index contributed by atoms with van der Waals surface area (Å²) in [5, 5.41) is 11.8. The van der Waals surface area contributed by atoms with Crippen molar-refractivity contribution in [2.75, 3.05) is 0 Å². The molecular formula is C20H25KO5S. The van der Waals surface area contributed by atoms with Crippen LogP contribution in [-0.2, 0) is 16.5 Å². The predicted molar refractivity (Wildman–Crippen MR) is 99.3 cm³/mol. The molecule has 0 unspecified atom stereocenters. The van der Waals surface area contributed by atoms with Gasteiger partial charge in [-0.2, -0.15) is 8.42 Å². The number of benzene rings is 2. The molecule has 2 rings (SSSR count). The summed E-state index contributed by atoms with van der Waals surface area (Å²) in [5.74, 6) is 0.0276. The molecule has 5 nitrogen and oxygen atoms in total. The molecule has 0 aliphatic carbocycles. The molecule has 1 N–H and O–H groups in total. The Balaban J connectivity index is 0.00000364. The van der Waals surface area contributed by atoms with Gasteiger partial charge in [0.1, 0.15) is 11.5 Å². The van der Waals surface area contributed by atoms with Crippen LogP contribution in [0.1, 0.15) is 51.0 Å². The van der Waals surface area contributed by atoms with Crippen LogP contribution in [0.3, 0.4) is 0 Å². The molecule has 0 atom stereocenters. The Hall–Kier alpha value is -0.414. The molecule has 0 aliphatic heterocycles. The first-order valence-electron chi connectivity index (χ1n) is 8.95. The molecule has 0 bridgehead atoms. The molecule has 0 heterocycles. The predicted octanol–water partition coefficient (Wildman–Crippen LogP) is 1.71. The first kappa shape index (κ1) is 24.6. The van der Waals surface area contributed by atoms with E-state index in [1.807, 2.05) is 18.2 Å². The van der Waals surface area contributed by atoms with Gasteiger partial charge in [-0.3, -0.25) is 4.55 Å². The molecule has 0 aliphatic rings. The Kier molecular flexibility index (Phi) is 11.1. The summed E-state index contributed by atoms with van der Waals surface area (Å²) in [6.07, 6.45) is 8.39. The molecule has 2 aromatic rings. The minimum Gasteiger partial charge on any atom is -0.871 e. The average Bonchev–Trinajstić information content (AvgIpc) is 2.57. The van der Waals surface area contributed by atoms with Crippen LogP contribution < -0.4 is 61.2 Å². The summed E-state index contributed by atoms with van der Waals surface area (Å²) in [7, 11) is -4.52. The molecule has 2 aromatic carbocycles. The van der Waals surface area contributed by atoms with Gasteiger partial charge in [-0.1, -0.05) is 56.9 Å². The Bertz CT molecular complexity index is 821. The van der Waals surface area contributed by atoms with Crippen LogP contribution >= 0.6 is 0 Å². The third-order valence-electron chi connectivity index (χ3n) is 4.15. The zero-order valence-electron chi connectivity index (χ0n) is 16.0. The first-order valence-corrected chi connectivity index (χ1v) is 10.4. The Morgan fingerprint density at radius 1 is 0.963 bits per heavy atom. The van der Waals surface area contributed by atoms with Gasteiger partial charge in [-0.05, 0) is 48.7 Å². The van der Waals surface area contributed by atoms with Gasteiger partial charge in [-0.25, -0.2) is 0 Å². The summed E-state index contributed by atoms with van der Waals surface area (Å²) in [6, 6.07) is 11.1. The van der Waals surface area contributed by atoms with Crippen LogP contribution in [0, 0.1) is 0 Å². The smallest absolute Gasteiger partial charge is 0.871 e. The summed E-state index contributed by atoms with van der Waals surface area (Å²) < 4.78 is 36.8. The van der Waals surface area contributed by atoms with Crippen molar-refractivity contribution in [1.82, 2.24) is 0 Å². The molecule has 27 heavy (non-hydrogen) atoms. The normalized spacial score (nSPS) is 11.0. The molecule has 0 aromatic heterocycles. The maximum Gasteiger partial charge on any atom is 1.00 e. The van der Waals surface area contributed by atoms with Crippen molar-refractivity contribution < 1.29 is 74.2 Å². The van der Waals surface area contributed by atoms with E-state index in [9.17, 15) is 13.5 Å². The van der Waals surface area contributed by atoms with Crippen molar-refractivity contribution in [3.8, 4) is 17.2 Å². The quantitative estimate of drug-likeness (QED) is 0.362. The zero-order chi connectivity index (χ0) is 19.0. The largest absolute Gasteiger partial charge is 1.00 e. The number of hydrogen-bond acceptors (Lipinski definition) is 4. The molecule has 0 fully saturated rings. The van der Waals surface area contributed by atoms with E-state index < -0.39 is 20.8 Å². The average molecular weight is 417 g/mol. The second-order valence-corrected chi connectivity index (χ2v) is 7.74. The van der Waals surface area contributed by atoms with Gasteiger partial charge < -0.3 is 9.84 Å². The molecule has 0 amide bonds. The van der Waals surface area contributed by atoms with E-state index in [1.54, 1.807) is 6.07 Å². The SMILES string of the molecule is CCCCCCCCc1cccc(Oc2ccc(S(=O)(=O)O)c([O-])c2)c1.[K+]. The third-order valence-corrected chi connectivity index (χ3v) is 5.04. The Morgan fingerprint density at radius 2 is 1.63 bits per heavy atom. The van der Waals surface area contributed by atoms with Gasteiger partial charge in [0.2, 0.25) is 0 Å². The minimum atomic E-state index is -4.52. The number of aryl methyl sites for hydroxylation is 1. The molecule has 0 saturated carbocycles. The minimum absolute atomic E-state index is 0. The molecule has 7 heteroatoms. The van der Waals surface area contributed by atoms with Gasteiger partial charge >= 0.3 is 51.4 Å². The van der Waals surface area contributed by atoms with E-state index in [4.69, 9.17) is 9.29 Å². The maximum absolute atomic E-state index is 11.8. The van der Waals surface area contributed by atoms with Crippen LogP contribution in [0.4, 0.5) is 0 Å². The summed E-state index contributed by atoms with van der Waals surface area (Å²) >= 11 is 0. The zero-order valence-corrected chi connectivity index (χ0v) is 19.9. The van der Waals surface area contributed by atoms with Crippen molar-refractivity contribution in [2.45, 2.75) is 56.8 Å². The van der Waals surface area contributed by atoms with E-state index >= 15 is 0 Å². The summed E-state index contributed by atoms with van der Waals surface area (Å²) in [5.41, 5.74) is 1.16. The van der Waals surface area contributed by atoms with Crippen LogP contribution in [0.2, 0.25) is 0 Å². The topological polar surface area (TPSA) is 86.7 Å². The van der Waals surface area contributed by atoms with Gasteiger partial charge in [0.05, 0.1) is 4.90 Å². The standard InChI is InChI=1S/C20H26O5S.K/c1-2-3-4-5-6-7-9-16-10-8-11-17(14-16)25-18-12-13-20(19(21)15-18)26(22,23)24;/h8,10-15,21H,2-7,9H2,1H3,(H,22,23,24);/q;+1/p-1. The van der Waals surface area contributed by atoms with Crippen LogP contribution in [0.5, 0.6) is 17.2 Å². The van der Waals surface area contributed by atoms with Gasteiger partial charge in [0.15, 0.2) is 0 Å². The Labute approximate surface area is 204 Å². The fraction of sp³-hybridized carbons (Fsp3) is 0.400. The van der Waals surface area contributed by atoms with Crippen LogP contribution in [-0.4, -0.2) is 13.0 Å².